The van der Waals surface area contributed by atoms with E-state index in [1.54, 1.807) is 5.32 Å². The molecule has 1 rings (SSSR count). The summed E-state index contributed by atoms with van der Waals surface area (Å²) < 4.78 is 4.65. The molecule has 0 aromatic heterocycles. The Hall–Kier alpha value is -1.37. The van der Waals surface area contributed by atoms with Crippen molar-refractivity contribution in [3.05, 3.63) is 4.91 Å². The number of aliphatic hydroxyl groups excluding tert-OH is 4. The molecule has 0 aromatic rings. The van der Waals surface area contributed by atoms with Crippen LogP contribution in [0.1, 0.15) is 0 Å². The number of rotatable bonds is 3. The van der Waals surface area contributed by atoms with Crippen LogP contribution in [0.3, 0.4) is 0 Å². The zero-order valence-corrected chi connectivity index (χ0v) is 9.87. The maximum atomic E-state index is 11.3. The Balaban J connectivity index is 2.90. The number of nitrogens with zero attached hydrogens (tertiary/aromatic N) is 2. The van der Waals surface area contributed by atoms with Crippen LogP contribution in [0, 0.1) is 4.91 Å². The number of nitroso groups, excluding NO2 is 1. The molecule has 0 radical (unpaired) electrons. The van der Waals surface area contributed by atoms with Crippen LogP contribution in [0.5, 0.6) is 0 Å². The lowest BCUT2D eigenvalue weighted by molar-refractivity contribution is -0.335. The van der Waals surface area contributed by atoms with Crippen LogP contribution in [0.4, 0.5) is 4.79 Å². The van der Waals surface area contributed by atoms with Gasteiger partial charge in [-0.25, -0.2) is 4.79 Å². The molecule has 6 N–H and O–H groups in total. The molecule has 1 aliphatic rings. The highest BCUT2D eigenvalue weighted by atomic mass is 16.6. The minimum Gasteiger partial charge on any atom is -0.394 e. The average Bonchev–Trinajstić information content (AvgIpc) is 2.39. The summed E-state index contributed by atoms with van der Waals surface area (Å²) in [4.78, 5) is 21.5. The van der Waals surface area contributed by atoms with Crippen molar-refractivity contribution < 1.29 is 35.1 Å². The first-order valence-corrected chi connectivity index (χ1v) is 5.20. The molecular weight excluding hydrogens is 266 g/mol. The van der Waals surface area contributed by atoms with Gasteiger partial charge in [-0.05, 0) is 0 Å². The number of amides is 2. The van der Waals surface area contributed by atoms with E-state index in [9.17, 15) is 30.1 Å². The van der Waals surface area contributed by atoms with Gasteiger partial charge in [-0.1, -0.05) is 0 Å². The highest BCUT2D eigenvalue weighted by molar-refractivity contribution is 5.74. The van der Waals surface area contributed by atoms with E-state index < -0.39 is 43.0 Å². The molecule has 1 unspecified atom stereocenters. The summed E-state index contributed by atoms with van der Waals surface area (Å²) in [5.74, 6) is 0. The molecule has 11 heteroatoms. The molecule has 11 nitrogen and oxygen atoms in total. The van der Waals surface area contributed by atoms with Crippen LogP contribution in [0.2, 0.25) is 0 Å². The first-order chi connectivity index (χ1) is 8.77. The van der Waals surface area contributed by atoms with Crippen molar-refractivity contribution in [2.75, 3.05) is 13.7 Å². The van der Waals surface area contributed by atoms with Gasteiger partial charge in [0, 0.05) is 7.05 Å². The smallest absolute Gasteiger partial charge is 0.342 e. The van der Waals surface area contributed by atoms with Gasteiger partial charge in [0.1, 0.15) is 18.3 Å². The number of nitrogens with one attached hydrogen (secondary N) is 1. The third-order valence-electron chi connectivity index (χ3n) is 2.74. The van der Waals surface area contributed by atoms with E-state index in [1.165, 1.54) is 0 Å². The normalized spacial score (nSPS) is 38.6. The molecule has 0 aromatic carbocycles. The molecule has 1 fully saturated rings. The number of hydrogen-bond acceptors (Lipinski definition) is 9. The fraction of sp³-hybridized carbons (Fsp3) is 0.875. The highest BCUT2D eigenvalue weighted by Gasteiger charge is 2.55. The van der Waals surface area contributed by atoms with E-state index in [1.807, 2.05) is 0 Å². The number of aliphatic hydroxyl groups is 5. The Morgan fingerprint density at radius 2 is 2.05 bits per heavy atom. The lowest BCUT2D eigenvalue weighted by atomic mass is 9.93. The van der Waals surface area contributed by atoms with Crippen LogP contribution in [0.15, 0.2) is 5.29 Å². The van der Waals surface area contributed by atoms with Gasteiger partial charge >= 0.3 is 6.03 Å². The maximum absolute atomic E-state index is 11.3. The minimum atomic E-state index is -2.76. The van der Waals surface area contributed by atoms with Crippen molar-refractivity contribution in [3.8, 4) is 0 Å². The second kappa shape index (κ2) is 5.73. The van der Waals surface area contributed by atoms with Gasteiger partial charge in [0.15, 0.2) is 0 Å². The van der Waals surface area contributed by atoms with Crippen molar-refractivity contribution in [2.45, 2.75) is 30.3 Å². The fourth-order valence-electron chi connectivity index (χ4n) is 1.54. The number of carbonyl (C=O) groups excluding carboxylic acids is 1. The quantitative estimate of drug-likeness (QED) is 0.175. The molecule has 0 bridgehead atoms. The molecule has 1 aliphatic heterocycles. The first kappa shape index (κ1) is 15.7. The van der Waals surface area contributed by atoms with Gasteiger partial charge in [0.2, 0.25) is 12.0 Å². The summed E-state index contributed by atoms with van der Waals surface area (Å²) in [6.07, 6.45) is -7.30. The molecule has 1 heterocycles. The number of urea groups is 1. The van der Waals surface area contributed by atoms with Crippen LogP contribution >= 0.6 is 0 Å². The fourth-order valence-corrected chi connectivity index (χ4v) is 1.54. The van der Waals surface area contributed by atoms with Crippen LogP contribution in [-0.2, 0) is 4.74 Å². The van der Waals surface area contributed by atoms with Gasteiger partial charge in [-0.2, -0.15) is 5.01 Å². The van der Waals surface area contributed by atoms with E-state index in [0.29, 0.717) is 0 Å². The summed E-state index contributed by atoms with van der Waals surface area (Å²) in [6.45, 7) is -0.727. The summed E-state index contributed by atoms with van der Waals surface area (Å²) in [7, 11) is 0.959. The van der Waals surface area contributed by atoms with Crippen molar-refractivity contribution in [1.29, 1.82) is 0 Å². The predicted octanol–water partition coefficient (Wildman–Crippen LogP) is -3.57. The van der Waals surface area contributed by atoms with Crippen molar-refractivity contribution in [1.82, 2.24) is 10.3 Å². The SMILES string of the molecule is CN(N=O)C(=O)N[C@@]1(O)C(O)O[C@H](CO)[C@@H](O)[C@@H]1O. The topological polar surface area (TPSA) is 172 Å². The Labute approximate surface area is 107 Å². The van der Waals surface area contributed by atoms with Gasteiger partial charge < -0.3 is 35.6 Å². The van der Waals surface area contributed by atoms with E-state index in [-0.39, 0.29) is 5.01 Å². The summed E-state index contributed by atoms with van der Waals surface area (Å²) in [5.41, 5.74) is -2.76. The van der Waals surface area contributed by atoms with Gasteiger partial charge in [-0.15, -0.1) is 4.91 Å². The van der Waals surface area contributed by atoms with Crippen LogP contribution in [-0.4, -0.2) is 80.6 Å². The van der Waals surface area contributed by atoms with E-state index in [0.717, 1.165) is 7.05 Å². The second-order valence-electron chi connectivity index (χ2n) is 4.01. The van der Waals surface area contributed by atoms with Crippen molar-refractivity contribution >= 4 is 6.03 Å². The third-order valence-corrected chi connectivity index (χ3v) is 2.74. The zero-order chi connectivity index (χ0) is 14.8. The molecule has 5 atom stereocenters. The molecule has 110 valence electrons. The highest BCUT2D eigenvalue weighted by Crippen LogP contribution is 2.27. The predicted molar refractivity (Wildman–Crippen MR) is 57.0 cm³/mol. The van der Waals surface area contributed by atoms with Gasteiger partial charge in [0.05, 0.1) is 11.9 Å². The van der Waals surface area contributed by atoms with Crippen LogP contribution < -0.4 is 5.32 Å². The Morgan fingerprint density at radius 1 is 1.47 bits per heavy atom. The second-order valence-corrected chi connectivity index (χ2v) is 4.01. The molecule has 1 saturated heterocycles. The maximum Gasteiger partial charge on any atom is 0.342 e. The Bertz CT molecular complexity index is 355. The van der Waals surface area contributed by atoms with E-state index >= 15 is 0 Å². The van der Waals surface area contributed by atoms with Gasteiger partial charge in [-0.3, -0.25) is 0 Å². The lowest BCUT2D eigenvalue weighted by Crippen LogP contribution is -2.73. The van der Waals surface area contributed by atoms with Crippen LogP contribution in [0.25, 0.3) is 0 Å². The Kier molecular flexibility index (Phi) is 4.73. The first-order valence-electron chi connectivity index (χ1n) is 5.20. The zero-order valence-electron chi connectivity index (χ0n) is 9.87. The average molecular weight is 281 g/mol. The van der Waals surface area contributed by atoms with E-state index in [2.05, 4.69) is 10.0 Å². The molecular formula is C8H15N3O8. The molecule has 0 spiro atoms. The summed E-state index contributed by atoms with van der Waals surface area (Å²) in [6, 6.07) is -1.24. The molecule has 2 amide bonds. The largest absolute Gasteiger partial charge is 0.394 e. The standard InChI is InChI=1S/C8H15N3O8/c1-11(10-18)7(16)9-8(17)5(14)4(13)3(2-12)19-6(8)15/h3-6,12-15,17H,2H2,1H3,(H,9,16)/t3-,4-,5+,6?,8+/m1/s1. The lowest BCUT2D eigenvalue weighted by Gasteiger charge is -2.45. The van der Waals surface area contributed by atoms with E-state index in [4.69, 9.17) is 5.11 Å². The monoisotopic (exact) mass is 281 g/mol. The van der Waals surface area contributed by atoms with Gasteiger partial charge in [0.25, 0.3) is 0 Å². The van der Waals surface area contributed by atoms with Crippen molar-refractivity contribution in [2.24, 2.45) is 5.29 Å². The molecule has 0 saturated carbocycles. The number of hydrogen-bond donors (Lipinski definition) is 6. The molecule has 19 heavy (non-hydrogen) atoms. The number of ether oxygens (including phenoxy) is 1. The Morgan fingerprint density at radius 3 is 2.53 bits per heavy atom. The van der Waals surface area contributed by atoms with Crippen molar-refractivity contribution in [3.63, 3.8) is 0 Å². The summed E-state index contributed by atoms with van der Waals surface area (Å²) >= 11 is 0. The number of carbonyl (C=O) groups is 1. The minimum absolute atomic E-state index is 0.252. The molecule has 0 aliphatic carbocycles. The third kappa shape index (κ3) is 2.80. The summed E-state index contributed by atoms with van der Waals surface area (Å²) in [5, 5.41) is 51.7.